The lowest BCUT2D eigenvalue weighted by Crippen LogP contribution is -2.40. The third kappa shape index (κ3) is 5.31. The van der Waals surface area contributed by atoms with Crippen molar-refractivity contribution < 1.29 is 32.9 Å². The van der Waals surface area contributed by atoms with Crippen molar-refractivity contribution in [2.24, 2.45) is 0 Å². The molecule has 0 aromatic heterocycles. The summed E-state index contributed by atoms with van der Waals surface area (Å²) < 4.78 is 44.3. The highest BCUT2D eigenvalue weighted by atomic mass is 19.4. The van der Waals surface area contributed by atoms with Crippen LogP contribution in [0.3, 0.4) is 0 Å². The largest absolute Gasteiger partial charge is 0.484 e. The molecule has 162 valence electrons. The number of rotatable bonds is 7. The topological polar surface area (TPSA) is 70.0 Å². The number of amides is 1. The maximum Gasteiger partial charge on any atom is 0.393 e. The van der Waals surface area contributed by atoms with Crippen molar-refractivity contribution in [3.63, 3.8) is 0 Å². The highest BCUT2D eigenvalue weighted by Gasteiger charge is 2.30. The van der Waals surface area contributed by atoms with Crippen molar-refractivity contribution in [1.82, 2.24) is 4.90 Å². The molecule has 0 spiro atoms. The Kier molecular flexibility index (Phi) is 6.99. The van der Waals surface area contributed by atoms with Crippen LogP contribution < -0.4 is 4.74 Å². The van der Waals surface area contributed by atoms with Crippen molar-refractivity contribution in [2.75, 3.05) is 19.8 Å². The molecule has 0 saturated carbocycles. The number of carbonyl (C=O) groups excluding carboxylic acids is 1. The standard InChI is InChI=1S/C22H24F3NO4/c23-22(24,25)11-15-4-1-2-6-19(15)20-8-7-18(10-16(20)12-27)30-14-21(29)26-9-3-5-17(26)13-28/h1-2,4,6-8,10,17,27-28H,3,5,9,11-14H2/t17-/m0/s1. The molecule has 1 atom stereocenters. The smallest absolute Gasteiger partial charge is 0.393 e. The molecule has 2 N–H and O–H groups in total. The van der Waals surface area contributed by atoms with Gasteiger partial charge in [0, 0.05) is 6.54 Å². The monoisotopic (exact) mass is 423 g/mol. The average molecular weight is 423 g/mol. The Morgan fingerprint density at radius 2 is 1.83 bits per heavy atom. The van der Waals surface area contributed by atoms with Crippen molar-refractivity contribution in [3.05, 3.63) is 53.6 Å². The first kappa shape index (κ1) is 22.1. The maximum absolute atomic E-state index is 12.9. The lowest BCUT2D eigenvalue weighted by Gasteiger charge is -2.23. The van der Waals surface area contributed by atoms with Crippen LogP contribution in [0, 0.1) is 0 Å². The molecule has 1 heterocycles. The SMILES string of the molecule is O=C(COc1ccc(-c2ccccc2CC(F)(F)F)c(CO)c1)N1CCC[C@H]1CO. The molecule has 2 aromatic rings. The van der Waals surface area contributed by atoms with E-state index in [9.17, 15) is 28.2 Å². The molecular weight excluding hydrogens is 399 g/mol. The Bertz CT molecular complexity index is 885. The van der Waals surface area contributed by atoms with Crippen LogP contribution in [0.2, 0.25) is 0 Å². The zero-order valence-corrected chi connectivity index (χ0v) is 16.4. The van der Waals surface area contributed by atoms with Crippen LogP contribution in [0.5, 0.6) is 5.75 Å². The quantitative estimate of drug-likeness (QED) is 0.717. The number of aliphatic hydroxyl groups is 2. The number of halogens is 3. The van der Waals surface area contributed by atoms with Gasteiger partial charge in [-0.1, -0.05) is 30.3 Å². The summed E-state index contributed by atoms with van der Waals surface area (Å²) in [5.74, 6) is 0.0981. The minimum Gasteiger partial charge on any atom is -0.484 e. The van der Waals surface area contributed by atoms with Gasteiger partial charge in [-0.05, 0) is 47.2 Å². The molecule has 1 saturated heterocycles. The summed E-state index contributed by atoms with van der Waals surface area (Å²) in [6, 6.07) is 10.7. The fourth-order valence-corrected chi connectivity index (χ4v) is 3.79. The van der Waals surface area contributed by atoms with E-state index in [4.69, 9.17) is 4.74 Å². The molecular formula is C22H24F3NO4. The molecule has 0 unspecified atom stereocenters. The van der Waals surface area contributed by atoms with Crippen LogP contribution in [0.4, 0.5) is 13.2 Å². The molecule has 1 amide bonds. The molecule has 5 nitrogen and oxygen atoms in total. The molecule has 1 aliphatic heterocycles. The Morgan fingerprint density at radius 1 is 1.10 bits per heavy atom. The molecule has 0 aliphatic carbocycles. The Hall–Kier alpha value is -2.58. The molecule has 3 rings (SSSR count). The van der Waals surface area contributed by atoms with Crippen molar-refractivity contribution in [3.8, 4) is 16.9 Å². The highest BCUT2D eigenvalue weighted by molar-refractivity contribution is 5.78. The van der Waals surface area contributed by atoms with Gasteiger partial charge in [0.2, 0.25) is 0 Å². The van der Waals surface area contributed by atoms with Gasteiger partial charge in [-0.3, -0.25) is 4.79 Å². The Balaban J connectivity index is 1.77. The van der Waals surface area contributed by atoms with Gasteiger partial charge in [-0.2, -0.15) is 13.2 Å². The van der Waals surface area contributed by atoms with Gasteiger partial charge in [0.1, 0.15) is 5.75 Å². The minimum atomic E-state index is -4.35. The number of carbonyl (C=O) groups is 1. The first-order valence-electron chi connectivity index (χ1n) is 9.74. The first-order valence-corrected chi connectivity index (χ1v) is 9.74. The summed E-state index contributed by atoms with van der Waals surface area (Å²) >= 11 is 0. The van der Waals surface area contributed by atoms with E-state index in [-0.39, 0.29) is 37.3 Å². The van der Waals surface area contributed by atoms with Crippen molar-refractivity contribution in [1.29, 1.82) is 0 Å². The number of likely N-dealkylation sites (tertiary alicyclic amines) is 1. The van der Waals surface area contributed by atoms with E-state index in [1.165, 1.54) is 12.1 Å². The van der Waals surface area contributed by atoms with E-state index in [0.717, 1.165) is 12.8 Å². The number of ether oxygens (including phenoxy) is 1. The predicted octanol–water partition coefficient (Wildman–Crippen LogP) is 3.31. The van der Waals surface area contributed by atoms with Crippen LogP contribution >= 0.6 is 0 Å². The molecule has 30 heavy (non-hydrogen) atoms. The third-order valence-electron chi connectivity index (χ3n) is 5.22. The van der Waals surface area contributed by atoms with E-state index in [0.29, 0.717) is 29.0 Å². The van der Waals surface area contributed by atoms with Crippen LogP contribution in [-0.2, 0) is 17.8 Å². The van der Waals surface area contributed by atoms with Gasteiger partial charge >= 0.3 is 6.18 Å². The second-order valence-electron chi connectivity index (χ2n) is 7.28. The van der Waals surface area contributed by atoms with Gasteiger partial charge < -0.3 is 19.8 Å². The maximum atomic E-state index is 12.9. The number of aliphatic hydroxyl groups excluding tert-OH is 2. The molecule has 8 heteroatoms. The highest BCUT2D eigenvalue weighted by Crippen LogP contribution is 2.33. The Labute approximate surface area is 172 Å². The lowest BCUT2D eigenvalue weighted by molar-refractivity contribution is -0.135. The number of hydrogen-bond donors (Lipinski definition) is 2. The summed E-state index contributed by atoms with van der Waals surface area (Å²) in [5.41, 5.74) is 1.40. The molecule has 2 aromatic carbocycles. The summed E-state index contributed by atoms with van der Waals surface area (Å²) in [7, 11) is 0. The molecule has 0 radical (unpaired) electrons. The number of hydrogen-bond acceptors (Lipinski definition) is 4. The van der Waals surface area contributed by atoms with Gasteiger partial charge in [0.05, 0.1) is 25.7 Å². The summed E-state index contributed by atoms with van der Waals surface area (Å²) in [6.45, 7) is -0.123. The van der Waals surface area contributed by atoms with Crippen molar-refractivity contribution >= 4 is 5.91 Å². The van der Waals surface area contributed by atoms with Crippen molar-refractivity contribution in [2.45, 2.75) is 38.1 Å². The summed E-state index contributed by atoms with van der Waals surface area (Å²) in [4.78, 5) is 13.9. The Morgan fingerprint density at radius 3 is 2.53 bits per heavy atom. The number of nitrogens with zero attached hydrogens (tertiary/aromatic N) is 1. The van der Waals surface area contributed by atoms with Gasteiger partial charge in [0.25, 0.3) is 5.91 Å². The molecule has 1 fully saturated rings. The van der Waals surface area contributed by atoms with Gasteiger partial charge in [-0.25, -0.2) is 0 Å². The van der Waals surface area contributed by atoms with E-state index in [1.54, 1.807) is 35.2 Å². The average Bonchev–Trinajstić information content (AvgIpc) is 3.20. The van der Waals surface area contributed by atoms with Gasteiger partial charge in [-0.15, -0.1) is 0 Å². The zero-order chi connectivity index (χ0) is 21.7. The molecule has 1 aliphatic rings. The third-order valence-corrected chi connectivity index (χ3v) is 5.22. The van der Waals surface area contributed by atoms with Crippen LogP contribution in [0.1, 0.15) is 24.0 Å². The zero-order valence-electron chi connectivity index (χ0n) is 16.4. The second kappa shape index (κ2) is 9.49. The number of benzene rings is 2. The lowest BCUT2D eigenvalue weighted by atomic mass is 9.94. The van der Waals surface area contributed by atoms with E-state index < -0.39 is 12.6 Å². The van der Waals surface area contributed by atoms with Crippen LogP contribution in [0.15, 0.2) is 42.5 Å². The van der Waals surface area contributed by atoms with E-state index >= 15 is 0 Å². The first-order chi connectivity index (χ1) is 14.3. The van der Waals surface area contributed by atoms with Crippen LogP contribution in [-0.4, -0.2) is 53.0 Å². The molecule has 0 bridgehead atoms. The summed E-state index contributed by atoms with van der Waals surface area (Å²) in [5, 5.41) is 19.1. The fourth-order valence-electron chi connectivity index (χ4n) is 3.79. The minimum absolute atomic E-state index is 0.0908. The van der Waals surface area contributed by atoms with Crippen LogP contribution in [0.25, 0.3) is 11.1 Å². The number of alkyl halides is 3. The second-order valence-corrected chi connectivity index (χ2v) is 7.28. The fraction of sp³-hybridized carbons (Fsp3) is 0.409. The van der Waals surface area contributed by atoms with Gasteiger partial charge in [0.15, 0.2) is 6.61 Å². The predicted molar refractivity (Wildman–Crippen MR) is 105 cm³/mol. The summed E-state index contributed by atoms with van der Waals surface area (Å²) in [6.07, 6.45) is -3.83. The normalized spacial score (nSPS) is 16.7. The van der Waals surface area contributed by atoms with E-state index in [1.807, 2.05) is 0 Å². The van der Waals surface area contributed by atoms with E-state index in [2.05, 4.69) is 0 Å².